The maximum atomic E-state index is 12.2. The number of nitrogens with zero attached hydrogens (tertiary/aromatic N) is 1. The van der Waals surface area contributed by atoms with Crippen molar-refractivity contribution in [2.45, 2.75) is 17.1 Å². The lowest BCUT2D eigenvalue weighted by atomic mass is 10.3. The standard InChI is InChI=1S/C16H15ClN2O4S/c1-10(24-13-6-4-12(5-7-13)19(21)22)16(20)18-11-3-8-15(23-2)14(17)9-11/h3-10H,1-2H3,(H,18,20). The van der Waals surface area contributed by atoms with Gasteiger partial charge in [0, 0.05) is 22.7 Å². The van der Waals surface area contributed by atoms with Crippen LogP contribution in [0.4, 0.5) is 11.4 Å². The fourth-order valence-corrected chi connectivity index (χ4v) is 3.02. The van der Waals surface area contributed by atoms with Gasteiger partial charge in [0.1, 0.15) is 5.75 Å². The highest BCUT2D eigenvalue weighted by atomic mass is 35.5. The summed E-state index contributed by atoms with van der Waals surface area (Å²) in [4.78, 5) is 23.2. The minimum atomic E-state index is -0.460. The number of anilines is 1. The molecule has 2 aromatic carbocycles. The Morgan fingerprint density at radius 1 is 1.29 bits per heavy atom. The molecule has 0 spiro atoms. The second-order valence-corrected chi connectivity index (χ2v) is 6.67. The lowest BCUT2D eigenvalue weighted by Gasteiger charge is -2.13. The summed E-state index contributed by atoms with van der Waals surface area (Å²) in [6.07, 6.45) is 0. The predicted octanol–water partition coefficient (Wildman–Crippen LogP) is 4.38. The fraction of sp³-hybridized carbons (Fsp3) is 0.188. The molecule has 126 valence electrons. The largest absolute Gasteiger partial charge is 0.495 e. The summed E-state index contributed by atoms with van der Waals surface area (Å²) in [5.41, 5.74) is 0.589. The molecule has 0 heterocycles. The third-order valence-electron chi connectivity index (χ3n) is 3.15. The van der Waals surface area contributed by atoms with E-state index in [2.05, 4.69) is 5.32 Å². The van der Waals surface area contributed by atoms with Crippen molar-refractivity contribution in [1.29, 1.82) is 0 Å². The first-order valence-electron chi connectivity index (χ1n) is 6.96. The van der Waals surface area contributed by atoms with E-state index in [1.807, 2.05) is 0 Å². The molecule has 1 unspecified atom stereocenters. The third-order valence-corrected chi connectivity index (χ3v) is 4.56. The van der Waals surface area contributed by atoms with E-state index < -0.39 is 4.92 Å². The quantitative estimate of drug-likeness (QED) is 0.466. The summed E-state index contributed by atoms with van der Waals surface area (Å²) in [5, 5.41) is 13.4. The molecule has 6 nitrogen and oxygen atoms in total. The van der Waals surface area contributed by atoms with Crippen LogP contribution in [0.15, 0.2) is 47.4 Å². The smallest absolute Gasteiger partial charge is 0.269 e. The Hall–Kier alpha value is -2.25. The zero-order chi connectivity index (χ0) is 17.7. The number of non-ortho nitro benzene ring substituents is 1. The van der Waals surface area contributed by atoms with E-state index >= 15 is 0 Å². The van der Waals surface area contributed by atoms with Gasteiger partial charge in [-0.2, -0.15) is 0 Å². The Kier molecular flexibility index (Phi) is 6.05. The Morgan fingerprint density at radius 2 is 1.96 bits per heavy atom. The van der Waals surface area contributed by atoms with Crippen LogP contribution in [0.25, 0.3) is 0 Å². The van der Waals surface area contributed by atoms with Crippen molar-refractivity contribution >= 4 is 40.6 Å². The van der Waals surface area contributed by atoms with Gasteiger partial charge in [0.05, 0.1) is 22.3 Å². The highest BCUT2D eigenvalue weighted by molar-refractivity contribution is 8.00. The van der Waals surface area contributed by atoms with Gasteiger partial charge in [-0.1, -0.05) is 11.6 Å². The number of amides is 1. The monoisotopic (exact) mass is 366 g/mol. The number of hydrogen-bond donors (Lipinski definition) is 1. The van der Waals surface area contributed by atoms with Crippen LogP contribution in [0.2, 0.25) is 5.02 Å². The summed E-state index contributed by atoms with van der Waals surface area (Å²) in [6, 6.07) is 11.1. The van der Waals surface area contributed by atoms with Crippen molar-refractivity contribution in [1.82, 2.24) is 0 Å². The molecule has 0 aliphatic heterocycles. The van der Waals surface area contributed by atoms with Gasteiger partial charge in [0.2, 0.25) is 5.91 Å². The van der Waals surface area contributed by atoms with E-state index in [0.29, 0.717) is 16.5 Å². The van der Waals surface area contributed by atoms with E-state index in [1.54, 1.807) is 37.3 Å². The predicted molar refractivity (Wildman–Crippen MR) is 95.0 cm³/mol. The number of nitro groups is 1. The zero-order valence-electron chi connectivity index (χ0n) is 13.0. The van der Waals surface area contributed by atoms with Gasteiger partial charge in [0.15, 0.2) is 0 Å². The Labute approximate surface area is 148 Å². The molecular formula is C16H15ClN2O4S. The second-order valence-electron chi connectivity index (χ2n) is 4.85. The van der Waals surface area contributed by atoms with E-state index in [0.717, 1.165) is 4.90 Å². The molecule has 0 radical (unpaired) electrons. The third kappa shape index (κ3) is 4.62. The van der Waals surface area contributed by atoms with Gasteiger partial charge < -0.3 is 10.1 Å². The number of methoxy groups -OCH3 is 1. The van der Waals surface area contributed by atoms with Crippen LogP contribution >= 0.6 is 23.4 Å². The van der Waals surface area contributed by atoms with Crippen molar-refractivity contribution in [3.63, 3.8) is 0 Å². The summed E-state index contributed by atoms with van der Waals surface area (Å²) >= 11 is 7.34. The second kappa shape index (κ2) is 8.03. The molecule has 2 aromatic rings. The zero-order valence-corrected chi connectivity index (χ0v) is 14.6. The Morgan fingerprint density at radius 3 is 2.50 bits per heavy atom. The molecule has 24 heavy (non-hydrogen) atoms. The number of rotatable bonds is 6. The number of carbonyl (C=O) groups excluding carboxylic acids is 1. The molecule has 8 heteroatoms. The summed E-state index contributed by atoms with van der Waals surface area (Å²) < 4.78 is 5.06. The van der Waals surface area contributed by atoms with Gasteiger partial charge >= 0.3 is 0 Å². The van der Waals surface area contributed by atoms with Gasteiger partial charge in [-0.25, -0.2) is 0 Å². The summed E-state index contributed by atoms with van der Waals surface area (Å²) in [7, 11) is 1.52. The average molecular weight is 367 g/mol. The molecule has 0 aliphatic carbocycles. The molecule has 1 N–H and O–H groups in total. The topological polar surface area (TPSA) is 81.5 Å². The van der Waals surface area contributed by atoms with Crippen LogP contribution in [0.1, 0.15) is 6.92 Å². The van der Waals surface area contributed by atoms with Gasteiger partial charge in [0.25, 0.3) is 5.69 Å². The number of carbonyl (C=O) groups is 1. The minimum absolute atomic E-state index is 0.0179. The van der Waals surface area contributed by atoms with Crippen LogP contribution in [0.5, 0.6) is 5.75 Å². The van der Waals surface area contributed by atoms with Crippen molar-refractivity contribution in [2.75, 3.05) is 12.4 Å². The molecule has 0 aliphatic rings. The molecule has 0 saturated carbocycles. The van der Waals surface area contributed by atoms with E-state index in [9.17, 15) is 14.9 Å². The Balaban J connectivity index is 1.99. The van der Waals surface area contributed by atoms with Gasteiger partial charge in [-0.05, 0) is 37.3 Å². The molecule has 1 atom stereocenters. The SMILES string of the molecule is COc1ccc(NC(=O)C(C)Sc2ccc([N+](=O)[O-])cc2)cc1Cl. The Bertz CT molecular complexity index is 752. The molecule has 0 aromatic heterocycles. The minimum Gasteiger partial charge on any atom is -0.495 e. The number of nitrogens with one attached hydrogen (secondary N) is 1. The van der Waals surface area contributed by atoms with Crippen LogP contribution in [-0.4, -0.2) is 23.2 Å². The summed E-state index contributed by atoms with van der Waals surface area (Å²) in [5.74, 6) is 0.336. The lowest BCUT2D eigenvalue weighted by molar-refractivity contribution is -0.384. The highest BCUT2D eigenvalue weighted by Gasteiger charge is 2.16. The first-order valence-corrected chi connectivity index (χ1v) is 8.22. The number of benzene rings is 2. The van der Waals surface area contributed by atoms with E-state index in [4.69, 9.17) is 16.3 Å². The molecule has 0 saturated heterocycles. The first-order chi connectivity index (χ1) is 11.4. The number of thioether (sulfide) groups is 1. The number of nitro benzene ring substituents is 1. The highest BCUT2D eigenvalue weighted by Crippen LogP contribution is 2.29. The van der Waals surface area contributed by atoms with Crippen LogP contribution in [-0.2, 0) is 4.79 Å². The van der Waals surface area contributed by atoms with Gasteiger partial charge in [-0.15, -0.1) is 11.8 Å². The number of halogens is 1. The normalized spacial score (nSPS) is 11.6. The maximum Gasteiger partial charge on any atom is 0.269 e. The van der Waals surface area contributed by atoms with Crippen molar-refractivity contribution in [3.8, 4) is 5.75 Å². The maximum absolute atomic E-state index is 12.2. The van der Waals surface area contributed by atoms with Crippen LogP contribution in [0.3, 0.4) is 0 Å². The van der Waals surface area contributed by atoms with Crippen molar-refractivity contribution in [2.24, 2.45) is 0 Å². The molecule has 0 fully saturated rings. The van der Waals surface area contributed by atoms with Crippen molar-refractivity contribution < 1.29 is 14.5 Å². The van der Waals surface area contributed by atoms with Crippen molar-refractivity contribution in [3.05, 3.63) is 57.6 Å². The van der Waals surface area contributed by atoms with Crippen LogP contribution in [0, 0.1) is 10.1 Å². The van der Waals surface area contributed by atoms with Crippen LogP contribution < -0.4 is 10.1 Å². The first kappa shape index (κ1) is 18.1. The van der Waals surface area contributed by atoms with E-state index in [1.165, 1.54) is 31.0 Å². The average Bonchev–Trinajstić information content (AvgIpc) is 2.55. The molecule has 0 bridgehead atoms. The lowest BCUT2D eigenvalue weighted by Crippen LogP contribution is -2.22. The molecule has 2 rings (SSSR count). The van der Waals surface area contributed by atoms with Gasteiger partial charge in [-0.3, -0.25) is 14.9 Å². The van der Waals surface area contributed by atoms with E-state index in [-0.39, 0.29) is 16.8 Å². The molecular weight excluding hydrogens is 352 g/mol. The number of ether oxygens (including phenoxy) is 1. The fourth-order valence-electron chi connectivity index (χ4n) is 1.89. The summed E-state index contributed by atoms with van der Waals surface area (Å²) in [6.45, 7) is 1.76. The molecule has 1 amide bonds. The number of hydrogen-bond acceptors (Lipinski definition) is 5.